The van der Waals surface area contributed by atoms with Crippen LogP contribution in [0.3, 0.4) is 0 Å². The highest BCUT2D eigenvalue weighted by molar-refractivity contribution is 6.04. The van der Waals surface area contributed by atoms with E-state index in [2.05, 4.69) is 27.3 Å². The van der Waals surface area contributed by atoms with Gasteiger partial charge in [0.25, 0.3) is 0 Å². The number of nitrogens with zero attached hydrogens (tertiary/aromatic N) is 1. The number of aromatic nitrogens is 1. The van der Waals surface area contributed by atoms with Gasteiger partial charge in [-0.15, -0.1) is 0 Å². The smallest absolute Gasteiger partial charge is 0.339 e. The molecule has 0 radical (unpaired) electrons. The fraction of sp³-hybridized carbons (Fsp3) is 0.455. The number of rotatable bonds is 6. The van der Waals surface area contributed by atoms with E-state index in [0.29, 0.717) is 22.5 Å². The number of benzene rings is 1. The van der Waals surface area contributed by atoms with Crippen LogP contribution in [-0.2, 0) is 4.74 Å². The SMILES string of the molecule is COC(=O)c1c(C)[nH]c(C(=O)[C@H](C)Nc2ccc(N3CCCCC3)cc2)c1C. The third kappa shape index (κ3) is 4.06. The molecule has 2 heterocycles. The minimum absolute atomic E-state index is 0.0872. The highest BCUT2D eigenvalue weighted by atomic mass is 16.5. The van der Waals surface area contributed by atoms with Gasteiger partial charge in [0, 0.05) is 30.2 Å². The Balaban J connectivity index is 1.70. The number of ketones is 1. The maximum Gasteiger partial charge on any atom is 0.339 e. The van der Waals surface area contributed by atoms with Crippen molar-refractivity contribution >= 4 is 23.1 Å². The summed E-state index contributed by atoms with van der Waals surface area (Å²) in [4.78, 5) is 30.3. The number of hydrogen-bond donors (Lipinski definition) is 2. The molecule has 0 aliphatic carbocycles. The van der Waals surface area contributed by atoms with Crippen LogP contribution in [0.4, 0.5) is 11.4 Å². The lowest BCUT2D eigenvalue weighted by atomic mass is 10.0. The molecule has 1 fully saturated rings. The number of nitrogens with one attached hydrogen (secondary N) is 2. The fourth-order valence-electron chi connectivity index (χ4n) is 3.86. The van der Waals surface area contributed by atoms with Crippen LogP contribution in [0, 0.1) is 13.8 Å². The summed E-state index contributed by atoms with van der Waals surface area (Å²) < 4.78 is 4.82. The van der Waals surface area contributed by atoms with Gasteiger partial charge in [-0.1, -0.05) is 0 Å². The van der Waals surface area contributed by atoms with E-state index in [0.717, 1.165) is 18.8 Å². The molecule has 0 spiro atoms. The summed E-state index contributed by atoms with van der Waals surface area (Å²) in [6.07, 6.45) is 3.80. The molecule has 0 bridgehead atoms. The molecule has 1 aromatic carbocycles. The lowest BCUT2D eigenvalue weighted by molar-refractivity contribution is 0.0599. The number of H-pyrrole nitrogens is 1. The Morgan fingerprint density at radius 1 is 1.11 bits per heavy atom. The van der Waals surface area contributed by atoms with Gasteiger partial charge in [-0.2, -0.15) is 0 Å². The number of Topliss-reactive ketones (excluding diaryl/α,β-unsaturated/α-hetero) is 1. The van der Waals surface area contributed by atoms with Crippen LogP contribution in [0.2, 0.25) is 0 Å². The molecule has 150 valence electrons. The molecule has 1 aliphatic heterocycles. The molecule has 6 heteroatoms. The first-order valence-electron chi connectivity index (χ1n) is 9.85. The van der Waals surface area contributed by atoms with Crippen molar-refractivity contribution in [2.24, 2.45) is 0 Å². The second-order valence-electron chi connectivity index (χ2n) is 7.44. The molecule has 0 amide bonds. The van der Waals surface area contributed by atoms with E-state index in [9.17, 15) is 9.59 Å². The fourth-order valence-corrected chi connectivity index (χ4v) is 3.86. The van der Waals surface area contributed by atoms with Crippen LogP contribution >= 0.6 is 0 Å². The van der Waals surface area contributed by atoms with Crippen molar-refractivity contribution in [1.29, 1.82) is 0 Å². The van der Waals surface area contributed by atoms with E-state index in [1.165, 1.54) is 32.1 Å². The second kappa shape index (κ2) is 8.50. The lowest BCUT2D eigenvalue weighted by Gasteiger charge is -2.29. The van der Waals surface area contributed by atoms with Crippen molar-refractivity contribution in [2.75, 3.05) is 30.4 Å². The quantitative estimate of drug-likeness (QED) is 0.580. The minimum atomic E-state index is -0.431. The molecular formula is C22H29N3O3. The molecular weight excluding hydrogens is 354 g/mol. The molecule has 0 saturated carbocycles. The first-order valence-corrected chi connectivity index (χ1v) is 9.85. The van der Waals surface area contributed by atoms with Crippen LogP contribution in [-0.4, -0.2) is 43.0 Å². The van der Waals surface area contributed by atoms with E-state index in [1.807, 2.05) is 19.1 Å². The minimum Gasteiger partial charge on any atom is -0.465 e. The Bertz CT molecular complexity index is 849. The Kier molecular flexibility index (Phi) is 6.07. The predicted octanol–water partition coefficient (Wildman–Crippen LogP) is 4.09. The van der Waals surface area contributed by atoms with Crippen molar-refractivity contribution < 1.29 is 14.3 Å². The topological polar surface area (TPSA) is 74.4 Å². The first-order chi connectivity index (χ1) is 13.4. The number of hydrogen-bond acceptors (Lipinski definition) is 5. The number of esters is 1. The molecule has 3 rings (SSSR count). The van der Waals surface area contributed by atoms with Gasteiger partial charge in [0.1, 0.15) is 0 Å². The van der Waals surface area contributed by atoms with Gasteiger partial charge >= 0.3 is 5.97 Å². The number of carbonyl (C=O) groups is 2. The third-order valence-corrected chi connectivity index (χ3v) is 5.44. The van der Waals surface area contributed by atoms with Gasteiger partial charge < -0.3 is 19.9 Å². The molecule has 6 nitrogen and oxygen atoms in total. The summed E-state index contributed by atoms with van der Waals surface area (Å²) in [7, 11) is 1.34. The van der Waals surface area contributed by atoms with Crippen LogP contribution in [0.15, 0.2) is 24.3 Å². The van der Waals surface area contributed by atoms with Crippen LogP contribution in [0.5, 0.6) is 0 Å². The zero-order valence-electron chi connectivity index (χ0n) is 17.1. The van der Waals surface area contributed by atoms with E-state index in [1.54, 1.807) is 13.8 Å². The zero-order chi connectivity index (χ0) is 20.3. The number of carbonyl (C=O) groups excluding carboxylic acids is 2. The molecule has 0 unspecified atom stereocenters. The largest absolute Gasteiger partial charge is 0.465 e. The average Bonchev–Trinajstić information content (AvgIpc) is 3.02. The summed E-state index contributed by atoms with van der Waals surface area (Å²) in [6.45, 7) is 7.58. The Hall–Kier alpha value is -2.76. The molecule has 1 saturated heterocycles. The van der Waals surface area contributed by atoms with Crippen molar-refractivity contribution in [1.82, 2.24) is 4.98 Å². The highest BCUT2D eigenvalue weighted by Gasteiger charge is 2.25. The number of aromatic amines is 1. The average molecular weight is 383 g/mol. The Morgan fingerprint density at radius 2 is 1.75 bits per heavy atom. The van der Waals surface area contributed by atoms with Crippen LogP contribution < -0.4 is 10.2 Å². The van der Waals surface area contributed by atoms with E-state index >= 15 is 0 Å². The monoisotopic (exact) mass is 383 g/mol. The van der Waals surface area contributed by atoms with Crippen molar-refractivity contribution in [3.05, 3.63) is 46.8 Å². The normalized spacial score (nSPS) is 15.2. The van der Waals surface area contributed by atoms with E-state index in [4.69, 9.17) is 4.74 Å². The summed E-state index contributed by atoms with van der Waals surface area (Å²) in [6, 6.07) is 7.80. The molecule has 28 heavy (non-hydrogen) atoms. The first kappa shape index (κ1) is 20.0. The number of piperidine rings is 1. The number of aryl methyl sites for hydroxylation is 1. The van der Waals surface area contributed by atoms with Crippen molar-refractivity contribution in [3.63, 3.8) is 0 Å². The standard InChI is InChI=1S/C22H29N3O3/c1-14-19(22(27)28-4)15(2)24-20(14)21(26)16(3)23-17-8-10-18(11-9-17)25-12-6-5-7-13-25/h8-11,16,23-24H,5-7,12-13H2,1-4H3/t16-/m0/s1. The lowest BCUT2D eigenvalue weighted by Crippen LogP contribution is -2.29. The maximum atomic E-state index is 12.9. The van der Waals surface area contributed by atoms with E-state index < -0.39 is 12.0 Å². The summed E-state index contributed by atoms with van der Waals surface area (Å²) >= 11 is 0. The molecule has 2 aromatic rings. The molecule has 1 atom stereocenters. The summed E-state index contributed by atoms with van der Waals surface area (Å²) in [5, 5.41) is 3.27. The van der Waals surface area contributed by atoms with Gasteiger partial charge in [0.05, 0.1) is 24.4 Å². The second-order valence-corrected chi connectivity index (χ2v) is 7.44. The molecule has 1 aliphatic rings. The van der Waals surface area contributed by atoms with Crippen LogP contribution in [0.1, 0.15) is 58.3 Å². The number of anilines is 2. The van der Waals surface area contributed by atoms with E-state index in [-0.39, 0.29) is 5.78 Å². The van der Waals surface area contributed by atoms with Gasteiger partial charge in [0.2, 0.25) is 5.78 Å². The number of methoxy groups -OCH3 is 1. The molecule has 1 aromatic heterocycles. The maximum absolute atomic E-state index is 12.9. The molecule has 2 N–H and O–H groups in total. The zero-order valence-corrected chi connectivity index (χ0v) is 17.1. The van der Waals surface area contributed by atoms with Crippen molar-refractivity contribution in [3.8, 4) is 0 Å². The predicted molar refractivity (Wildman–Crippen MR) is 112 cm³/mol. The Morgan fingerprint density at radius 3 is 2.36 bits per heavy atom. The summed E-state index contributed by atoms with van der Waals surface area (Å²) in [5.41, 5.74) is 4.28. The van der Waals surface area contributed by atoms with Gasteiger partial charge in [-0.25, -0.2) is 4.79 Å². The van der Waals surface area contributed by atoms with Crippen LogP contribution in [0.25, 0.3) is 0 Å². The summed E-state index contributed by atoms with van der Waals surface area (Å²) in [5.74, 6) is -0.518. The Labute approximate surface area is 166 Å². The van der Waals surface area contributed by atoms with Crippen molar-refractivity contribution in [2.45, 2.75) is 46.1 Å². The highest BCUT2D eigenvalue weighted by Crippen LogP contribution is 2.24. The number of ether oxygens (including phenoxy) is 1. The third-order valence-electron chi connectivity index (χ3n) is 5.44. The van der Waals surface area contributed by atoms with Gasteiger partial charge in [-0.05, 0) is 69.9 Å². The van der Waals surface area contributed by atoms with Gasteiger partial charge in [0.15, 0.2) is 0 Å². The van der Waals surface area contributed by atoms with Gasteiger partial charge in [-0.3, -0.25) is 4.79 Å².